The molecule has 0 spiro atoms. The molecule has 3 unspecified atom stereocenters. The fourth-order valence-corrected chi connectivity index (χ4v) is 5.08. The van der Waals surface area contributed by atoms with E-state index >= 15 is 0 Å². The van der Waals surface area contributed by atoms with E-state index in [-0.39, 0.29) is 0 Å². The van der Waals surface area contributed by atoms with Crippen molar-refractivity contribution in [3.63, 3.8) is 0 Å². The molecule has 0 aromatic rings. The SMILES string of the molecule is CCCCCCCCCCCCC1CC2(C)C=CC1C2(C)C. The maximum absolute atomic E-state index is 2.55. The molecule has 0 saturated heterocycles. The van der Waals surface area contributed by atoms with Crippen LogP contribution >= 0.6 is 0 Å². The van der Waals surface area contributed by atoms with Crippen LogP contribution < -0.4 is 0 Å². The van der Waals surface area contributed by atoms with E-state index in [0.717, 1.165) is 11.8 Å². The molecule has 3 atom stereocenters. The van der Waals surface area contributed by atoms with E-state index in [1.165, 1.54) is 77.0 Å². The highest BCUT2D eigenvalue weighted by Gasteiger charge is 2.56. The van der Waals surface area contributed by atoms with E-state index in [9.17, 15) is 0 Å². The van der Waals surface area contributed by atoms with Gasteiger partial charge in [0, 0.05) is 0 Å². The molecule has 1 saturated carbocycles. The molecule has 0 aromatic carbocycles. The Morgan fingerprint density at radius 2 is 1.36 bits per heavy atom. The minimum atomic E-state index is 0.487. The van der Waals surface area contributed by atoms with Crippen molar-refractivity contribution in [2.45, 2.75) is 105 Å². The summed E-state index contributed by atoms with van der Waals surface area (Å²) in [6.45, 7) is 9.78. The van der Waals surface area contributed by atoms with Gasteiger partial charge in [-0.2, -0.15) is 0 Å². The van der Waals surface area contributed by atoms with Crippen molar-refractivity contribution in [2.75, 3.05) is 0 Å². The zero-order chi connectivity index (χ0) is 16.1. The normalized spacial score (nSPS) is 32.0. The highest BCUT2D eigenvalue weighted by molar-refractivity contribution is 5.24. The molecule has 2 aliphatic carbocycles. The van der Waals surface area contributed by atoms with Gasteiger partial charge >= 0.3 is 0 Å². The average Bonchev–Trinajstić information content (AvgIpc) is 2.81. The van der Waals surface area contributed by atoms with E-state index in [2.05, 4.69) is 39.8 Å². The molecule has 2 aliphatic rings. The first kappa shape index (κ1) is 18.1. The van der Waals surface area contributed by atoms with Gasteiger partial charge in [0.2, 0.25) is 0 Å². The predicted octanol–water partition coefficient (Wildman–Crippen LogP) is 7.54. The molecular formula is C22H40. The van der Waals surface area contributed by atoms with Gasteiger partial charge < -0.3 is 0 Å². The summed E-state index contributed by atoms with van der Waals surface area (Å²) in [5, 5.41) is 0. The van der Waals surface area contributed by atoms with Crippen molar-refractivity contribution in [3.05, 3.63) is 12.2 Å². The summed E-state index contributed by atoms with van der Waals surface area (Å²) < 4.78 is 0. The van der Waals surface area contributed by atoms with Gasteiger partial charge in [0.25, 0.3) is 0 Å². The summed E-state index contributed by atoms with van der Waals surface area (Å²) in [5.41, 5.74) is 0.997. The van der Waals surface area contributed by atoms with Crippen LogP contribution in [0.1, 0.15) is 105 Å². The fraction of sp³-hybridized carbons (Fsp3) is 0.909. The lowest BCUT2D eigenvalue weighted by Gasteiger charge is -2.33. The Kier molecular flexibility index (Phi) is 6.59. The molecule has 0 N–H and O–H groups in total. The van der Waals surface area contributed by atoms with Crippen LogP contribution in [0.25, 0.3) is 0 Å². The molecular weight excluding hydrogens is 264 g/mol. The molecule has 1 fully saturated rings. The van der Waals surface area contributed by atoms with Gasteiger partial charge in [-0.1, -0.05) is 104 Å². The fourth-order valence-electron chi connectivity index (χ4n) is 5.08. The Hall–Kier alpha value is -0.260. The van der Waals surface area contributed by atoms with Crippen LogP contribution in [0.15, 0.2) is 12.2 Å². The van der Waals surface area contributed by atoms with Crippen LogP contribution in [0.3, 0.4) is 0 Å². The maximum Gasteiger partial charge on any atom is -0.00867 e. The number of unbranched alkanes of at least 4 members (excludes halogenated alkanes) is 9. The Labute approximate surface area is 140 Å². The van der Waals surface area contributed by atoms with E-state index in [1.807, 2.05) is 0 Å². The first-order valence-electron chi connectivity index (χ1n) is 10.2. The molecule has 2 rings (SSSR count). The molecule has 0 heteroatoms. The topological polar surface area (TPSA) is 0 Å². The second-order valence-electron chi connectivity index (χ2n) is 8.96. The molecule has 128 valence electrons. The van der Waals surface area contributed by atoms with Crippen LogP contribution in [0, 0.1) is 22.7 Å². The third kappa shape index (κ3) is 3.98. The highest BCUT2D eigenvalue weighted by Crippen LogP contribution is 2.64. The predicted molar refractivity (Wildman–Crippen MR) is 99.1 cm³/mol. The van der Waals surface area contributed by atoms with E-state index in [4.69, 9.17) is 0 Å². The lowest BCUT2D eigenvalue weighted by Crippen LogP contribution is -2.27. The summed E-state index contributed by atoms with van der Waals surface area (Å²) in [7, 11) is 0. The molecule has 22 heavy (non-hydrogen) atoms. The minimum Gasteiger partial charge on any atom is -0.0840 e. The third-order valence-electron chi connectivity index (χ3n) is 7.10. The number of fused-ring (bicyclic) bond motifs is 2. The molecule has 0 aliphatic heterocycles. The maximum atomic E-state index is 2.55. The Morgan fingerprint density at radius 1 is 0.818 bits per heavy atom. The summed E-state index contributed by atoms with van der Waals surface area (Å²) in [5.74, 6) is 1.83. The van der Waals surface area contributed by atoms with Gasteiger partial charge in [-0.05, 0) is 35.5 Å². The molecule has 2 bridgehead atoms. The molecule has 0 heterocycles. The average molecular weight is 305 g/mol. The van der Waals surface area contributed by atoms with Crippen LogP contribution in [0.4, 0.5) is 0 Å². The van der Waals surface area contributed by atoms with E-state index in [1.54, 1.807) is 0 Å². The Morgan fingerprint density at radius 3 is 1.82 bits per heavy atom. The van der Waals surface area contributed by atoms with Gasteiger partial charge in [0.1, 0.15) is 0 Å². The summed E-state index contributed by atoms with van der Waals surface area (Å²) in [6.07, 6.45) is 22.6. The standard InChI is InChI=1S/C22H40/c1-5-6-7-8-9-10-11-12-13-14-15-19-18-22(4)17-16-20(19)21(22,2)3/h16-17,19-20H,5-15,18H2,1-4H3. The van der Waals surface area contributed by atoms with Gasteiger partial charge in [0.15, 0.2) is 0 Å². The minimum absolute atomic E-state index is 0.487. The quantitative estimate of drug-likeness (QED) is 0.273. The van der Waals surface area contributed by atoms with E-state index < -0.39 is 0 Å². The summed E-state index contributed by atoms with van der Waals surface area (Å²) in [4.78, 5) is 0. The van der Waals surface area contributed by atoms with Gasteiger partial charge in [-0.15, -0.1) is 0 Å². The van der Waals surface area contributed by atoms with Crippen molar-refractivity contribution in [1.82, 2.24) is 0 Å². The summed E-state index contributed by atoms with van der Waals surface area (Å²) in [6, 6.07) is 0. The number of hydrogen-bond acceptors (Lipinski definition) is 0. The monoisotopic (exact) mass is 304 g/mol. The molecule has 0 nitrogen and oxygen atoms in total. The zero-order valence-corrected chi connectivity index (χ0v) is 15.8. The zero-order valence-electron chi connectivity index (χ0n) is 15.8. The second-order valence-corrected chi connectivity index (χ2v) is 8.96. The highest BCUT2D eigenvalue weighted by atomic mass is 14.6. The van der Waals surface area contributed by atoms with Crippen LogP contribution in [0.2, 0.25) is 0 Å². The van der Waals surface area contributed by atoms with Gasteiger partial charge in [-0.25, -0.2) is 0 Å². The van der Waals surface area contributed by atoms with Crippen LogP contribution in [-0.2, 0) is 0 Å². The smallest absolute Gasteiger partial charge is 0.00867 e. The Balaban J connectivity index is 1.50. The van der Waals surface area contributed by atoms with Crippen molar-refractivity contribution in [2.24, 2.45) is 22.7 Å². The van der Waals surface area contributed by atoms with Crippen LogP contribution in [0.5, 0.6) is 0 Å². The van der Waals surface area contributed by atoms with Gasteiger partial charge in [-0.3, -0.25) is 0 Å². The molecule has 0 amide bonds. The molecule has 0 radical (unpaired) electrons. The second kappa shape index (κ2) is 8.02. The van der Waals surface area contributed by atoms with Crippen molar-refractivity contribution >= 4 is 0 Å². The number of rotatable bonds is 11. The van der Waals surface area contributed by atoms with Crippen molar-refractivity contribution < 1.29 is 0 Å². The molecule has 0 aromatic heterocycles. The number of hydrogen-bond donors (Lipinski definition) is 0. The van der Waals surface area contributed by atoms with E-state index in [0.29, 0.717) is 10.8 Å². The van der Waals surface area contributed by atoms with Gasteiger partial charge in [0.05, 0.1) is 0 Å². The number of allylic oxidation sites excluding steroid dienone is 2. The largest absolute Gasteiger partial charge is 0.0840 e. The first-order valence-corrected chi connectivity index (χ1v) is 10.2. The summed E-state index contributed by atoms with van der Waals surface area (Å²) >= 11 is 0. The lowest BCUT2D eigenvalue weighted by atomic mass is 9.70. The Bertz CT molecular complexity index is 351. The van der Waals surface area contributed by atoms with Crippen LogP contribution in [-0.4, -0.2) is 0 Å². The lowest BCUT2D eigenvalue weighted by molar-refractivity contribution is 0.178. The van der Waals surface area contributed by atoms with Crippen molar-refractivity contribution in [1.29, 1.82) is 0 Å². The first-order chi connectivity index (χ1) is 10.5. The van der Waals surface area contributed by atoms with Crippen molar-refractivity contribution in [3.8, 4) is 0 Å². The third-order valence-corrected chi connectivity index (χ3v) is 7.10.